The molecule has 3 aromatic heterocycles. The lowest BCUT2D eigenvalue weighted by molar-refractivity contribution is 0.0939. The van der Waals surface area contributed by atoms with Gasteiger partial charge in [0.25, 0.3) is 11.8 Å². The molecule has 0 unspecified atom stereocenters. The van der Waals surface area contributed by atoms with Gasteiger partial charge in [-0.25, -0.2) is 24.7 Å². The van der Waals surface area contributed by atoms with Crippen molar-refractivity contribution in [3.63, 3.8) is 0 Å². The molecule has 0 radical (unpaired) electrons. The fourth-order valence-electron chi connectivity index (χ4n) is 6.24. The summed E-state index contributed by atoms with van der Waals surface area (Å²) in [6.45, 7) is 0.631. The molecule has 2 amide bonds. The van der Waals surface area contributed by atoms with Crippen LogP contribution in [-0.4, -0.2) is 43.3 Å². The predicted molar refractivity (Wildman–Crippen MR) is 192 cm³/mol. The van der Waals surface area contributed by atoms with Crippen LogP contribution in [0.1, 0.15) is 53.0 Å². The van der Waals surface area contributed by atoms with Crippen molar-refractivity contribution in [3.8, 4) is 11.5 Å². The van der Waals surface area contributed by atoms with Crippen LogP contribution in [0.2, 0.25) is 0 Å². The predicted octanol–water partition coefficient (Wildman–Crippen LogP) is 6.99. The van der Waals surface area contributed by atoms with E-state index in [1.165, 1.54) is 44.0 Å². The maximum Gasteiger partial charge on any atom is 0.367 e. The van der Waals surface area contributed by atoms with E-state index in [4.69, 9.17) is 4.42 Å². The van der Waals surface area contributed by atoms with Crippen molar-refractivity contribution >= 4 is 50.3 Å². The zero-order chi connectivity index (χ0) is 34.3. The van der Waals surface area contributed by atoms with Crippen LogP contribution in [0, 0.1) is 5.92 Å². The molecule has 2 N–H and O–H groups in total. The Bertz CT molecular complexity index is 2380. The third-order valence-corrected chi connectivity index (χ3v) is 8.74. The zero-order valence-electron chi connectivity index (χ0n) is 27.1. The van der Waals surface area contributed by atoms with Crippen LogP contribution in [0.5, 0.6) is 0 Å². The van der Waals surface area contributed by atoms with Gasteiger partial charge < -0.3 is 15.1 Å². The van der Waals surface area contributed by atoms with Gasteiger partial charge in [-0.3, -0.25) is 9.59 Å². The lowest BCUT2D eigenvalue weighted by atomic mass is 9.89. The molecular formula is C39H33N7O4. The van der Waals surface area contributed by atoms with Gasteiger partial charge in [0.2, 0.25) is 5.89 Å². The Morgan fingerprint density at radius 3 is 2.18 bits per heavy atom. The molecule has 248 valence electrons. The Kier molecular flexibility index (Phi) is 9.54. The van der Waals surface area contributed by atoms with Gasteiger partial charge in [-0.1, -0.05) is 92.1 Å². The number of aromatic nitrogens is 5. The number of rotatable bonds is 6. The zero-order valence-corrected chi connectivity index (χ0v) is 27.1. The quantitative estimate of drug-likeness (QED) is 0.192. The van der Waals surface area contributed by atoms with Gasteiger partial charge in [0, 0.05) is 42.5 Å². The second kappa shape index (κ2) is 14.8. The van der Waals surface area contributed by atoms with E-state index in [0.29, 0.717) is 18.0 Å². The molecule has 50 heavy (non-hydrogen) atoms. The number of benzene rings is 4. The van der Waals surface area contributed by atoms with Crippen molar-refractivity contribution in [1.29, 1.82) is 0 Å². The Labute approximate surface area is 286 Å². The number of fused-ring (bicyclic) bond motifs is 3. The second-order valence-corrected chi connectivity index (χ2v) is 12.0. The van der Waals surface area contributed by atoms with Gasteiger partial charge in [-0.15, -0.1) is 0 Å². The van der Waals surface area contributed by atoms with Crippen LogP contribution >= 0.6 is 0 Å². The topological polar surface area (TPSA) is 153 Å². The van der Waals surface area contributed by atoms with Crippen molar-refractivity contribution in [3.05, 3.63) is 131 Å². The van der Waals surface area contributed by atoms with Crippen molar-refractivity contribution in [2.45, 2.75) is 32.1 Å². The van der Waals surface area contributed by atoms with Crippen LogP contribution in [0.4, 0.5) is 5.82 Å². The number of nitrogens with one attached hydrogen (secondary N) is 2. The Hall–Kier alpha value is -6.36. The van der Waals surface area contributed by atoms with E-state index in [9.17, 15) is 14.4 Å². The molecule has 0 atom stereocenters. The molecule has 8 rings (SSSR count). The average Bonchev–Trinajstić information content (AvgIpc) is 3.17. The number of carbonyl (C=O) groups is 2. The average molecular weight is 664 g/mol. The molecule has 0 aliphatic heterocycles. The minimum Gasteiger partial charge on any atom is -0.402 e. The molecule has 3 heterocycles. The summed E-state index contributed by atoms with van der Waals surface area (Å²) >= 11 is 0. The molecule has 7 aromatic rings. The number of amides is 2. The number of anilines is 1. The third-order valence-electron chi connectivity index (χ3n) is 8.74. The van der Waals surface area contributed by atoms with E-state index < -0.39 is 5.63 Å². The Balaban J connectivity index is 0.000000165. The smallest absolute Gasteiger partial charge is 0.367 e. The van der Waals surface area contributed by atoms with Crippen molar-refractivity contribution < 1.29 is 14.0 Å². The molecule has 4 aromatic carbocycles. The highest BCUT2D eigenvalue weighted by Crippen LogP contribution is 2.27. The normalized spacial score (nSPS) is 13.0. The molecule has 1 fully saturated rings. The highest BCUT2D eigenvalue weighted by Gasteiger charge is 2.20. The highest BCUT2D eigenvalue weighted by molar-refractivity contribution is 6.14. The first kappa shape index (κ1) is 32.2. The van der Waals surface area contributed by atoms with Crippen LogP contribution in [0.3, 0.4) is 0 Å². The first-order chi connectivity index (χ1) is 24.5. The number of hydrogen-bond donors (Lipinski definition) is 2. The second-order valence-electron chi connectivity index (χ2n) is 12.0. The van der Waals surface area contributed by atoms with Crippen molar-refractivity contribution in [2.24, 2.45) is 5.92 Å². The van der Waals surface area contributed by atoms with Crippen LogP contribution in [0.15, 0.2) is 119 Å². The summed E-state index contributed by atoms with van der Waals surface area (Å²) in [7, 11) is 0. The van der Waals surface area contributed by atoms with E-state index in [2.05, 4.69) is 35.6 Å². The van der Waals surface area contributed by atoms with Crippen molar-refractivity contribution in [2.75, 3.05) is 11.9 Å². The molecule has 0 saturated heterocycles. The Morgan fingerprint density at radius 2 is 1.36 bits per heavy atom. The maximum absolute atomic E-state index is 12.9. The van der Waals surface area contributed by atoms with Gasteiger partial charge in [0.05, 0.1) is 0 Å². The molecule has 0 bridgehead atoms. The molecular weight excluding hydrogens is 630 g/mol. The summed E-state index contributed by atoms with van der Waals surface area (Å²) in [5.41, 5.74) is 1.33. The van der Waals surface area contributed by atoms with Gasteiger partial charge in [0.1, 0.15) is 0 Å². The van der Waals surface area contributed by atoms with E-state index in [1.807, 2.05) is 78.9 Å². The highest BCUT2D eigenvalue weighted by atomic mass is 16.4. The summed E-state index contributed by atoms with van der Waals surface area (Å²) in [5.74, 6) is 0.315. The molecule has 1 aliphatic carbocycles. The minimum absolute atomic E-state index is 0.136. The lowest BCUT2D eigenvalue weighted by Crippen LogP contribution is -2.32. The molecule has 11 nitrogen and oxygen atoms in total. The Morgan fingerprint density at radius 1 is 0.700 bits per heavy atom. The number of hydrogen-bond acceptors (Lipinski definition) is 9. The minimum atomic E-state index is -0.531. The van der Waals surface area contributed by atoms with Gasteiger partial charge in [-0.2, -0.15) is 4.98 Å². The first-order valence-electron chi connectivity index (χ1n) is 16.5. The van der Waals surface area contributed by atoms with Crippen LogP contribution < -0.4 is 16.3 Å². The lowest BCUT2D eigenvalue weighted by Gasteiger charge is -2.21. The maximum atomic E-state index is 12.9. The summed E-state index contributed by atoms with van der Waals surface area (Å²) in [6.07, 6.45) is 11.9. The number of nitrogens with zero attached hydrogens (tertiary/aromatic N) is 5. The van der Waals surface area contributed by atoms with E-state index in [0.717, 1.165) is 39.9 Å². The van der Waals surface area contributed by atoms with Gasteiger partial charge in [-0.05, 0) is 52.4 Å². The summed E-state index contributed by atoms with van der Waals surface area (Å²) in [5, 5.41) is 9.57. The molecule has 1 aliphatic rings. The third kappa shape index (κ3) is 7.07. The van der Waals surface area contributed by atoms with Crippen LogP contribution in [0.25, 0.3) is 44.2 Å². The largest absolute Gasteiger partial charge is 0.402 e. The first-order valence-corrected chi connectivity index (χ1v) is 16.5. The number of carbonyl (C=O) groups excluding carboxylic acids is 2. The standard InChI is InChI=1S/C23H24N4O2.C16H9N3O2/c28-22(19-12-6-10-17-9-4-5-11-18(17)19)27-21-20(24-13-14-25-21)23(29)26-15-16-7-2-1-3-8-16;20-16-13-14(18-9-8-17-13)19-15(21-16)12-7-3-5-10-4-1-2-6-11(10)12/h4-6,9-14,16H,1-3,7-8,15H2,(H,26,29)(H,25,27,28);1-9H. The van der Waals surface area contributed by atoms with Crippen molar-refractivity contribution in [1.82, 2.24) is 30.2 Å². The monoisotopic (exact) mass is 663 g/mol. The molecule has 0 spiro atoms. The summed E-state index contributed by atoms with van der Waals surface area (Å²) in [4.78, 5) is 58.3. The van der Waals surface area contributed by atoms with Gasteiger partial charge >= 0.3 is 5.63 Å². The van der Waals surface area contributed by atoms with E-state index >= 15 is 0 Å². The SMILES string of the molecule is O=C(NCC1CCCCC1)c1nccnc1NC(=O)c1cccc2ccccc12.O=c1oc(-c2cccc3ccccc23)nc2nccnc12. The summed E-state index contributed by atoms with van der Waals surface area (Å²) in [6, 6.07) is 26.9. The molecule has 11 heteroatoms. The van der Waals surface area contributed by atoms with E-state index in [1.54, 1.807) is 6.07 Å². The van der Waals surface area contributed by atoms with Crippen LogP contribution in [-0.2, 0) is 0 Å². The molecule has 1 saturated carbocycles. The van der Waals surface area contributed by atoms with Gasteiger partial charge in [0.15, 0.2) is 22.7 Å². The summed E-state index contributed by atoms with van der Waals surface area (Å²) < 4.78 is 5.32. The fourth-order valence-corrected chi connectivity index (χ4v) is 6.24. The van der Waals surface area contributed by atoms with E-state index in [-0.39, 0.29) is 40.4 Å². The fraction of sp³-hybridized carbons (Fsp3) is 0.179.